The number of carbonyl (C=O) groups excluding carboxylic acids is 1. The lowest BCUT2D eigenvalue weighted by molar-refractivity contribution is -0.143. The summed E-state index contributed by atoms with van der Waals surface area (Å²) in [5.74, 6) is -1.79. The fourth-order valence-corrected chi connectivity index (χ4v) is 2.72. The van der Waals surface area contributed by atoms with E-state index in [0.717, 1.165) is 12.1 Å². The number of hydrogen-bond acceptors (Lipinski definition) is 4. The van der Waals surface area contributed by atoms with E-state index in [9.17, 15) is 22.4 Å². The monoisotopic (exact) mass is 393 g/mol. The fraction of sp³-hybridized carbons (Fsp3) is 0.400. The molecule has 2 N–H and O–H groups in total. The average Bonchev–Trinajstić information content (AvgIpc) is 3.00. The van der Waals surface area contributed by atoms with Gasteiger partial charge in [-0.2, -0.15) is 13.2 Å². The Kier molecular flexibility index (Phi) is 5.87. The second-order valence-corrected chi connectivity index (χ2v) is 5.78. The van der Waals surface area contributed by atoms with Gasteiger partial charge in [-0.15, -0.1) is 17.5 Å². The number of nitrogens with two attached hydrogens (primary N) is 1. The molecule has 1 aliphatic rings. The maximum absolute atomic E-state index is 13.9. The number of alkyl halides is 3. The van der Waals surface area contributed by atoms with Gasteiger partial charge in [-0.3, -0.25) is 4.79 Å². The van der Waals surface area contributed by atoms with Crippen LogP contribution in [0.15, 0.2) is 24.3 Å². The number of piperidine rings is 1. The molecule has 0 saturated carbocycles. The van der Waals surface area contributed by atoms with Crippen LogP contribution in [0.3, 0.4) is 0 Å². The van der Waals surface area contributed by atoms with Gasteiger partial charge in [0.2, 0.25) is 0 Å². The molecule has 1 amide bonds. The van der Waals surface area contributed by atoms with Crippen LogP contribution in [-0.2, 0) is 6.18 Å². The van der Waals surface area contributed by atoms with Crippen LogP contribution in [0.1, 0.15) is 29.0 Å². The quantitative estimate of drug-likeness (QED) is 0.795. The lowest BCUT2D eigenvalue weighted by atomic mass is 10.1. The van der Waals surface area contributed by atoms with Gasteiger partial charge < -0.3 is 10.6 Å². The van der Waals surface area contributed by atoms with Crippen molar-refractivity contribution in [2.75, 3.05) is 13.1 Å². The molecule has 0 radical (unpaired) electrons. The van der Waals surface area contributed by atoms with Gasteiger partial charge in [0.25, 0.3) is 5.91 Å². The molecule has 11 heteroatoms. The van der Waals surface area contributed by atoms with Crippen molar-refractivity contribution >= 4 is 18.3 Å². The maximum Gasteiger partial charge on any atom is 0.435 e. The molecule has 0 atom stereocenters. The summed E-state index contributed by atoms with van der Waals surface area (Å²) in [7, 11) is 0. The van der Waals surface area contributed by atoms with Gasteiger partial charge in [-0.05, 0) is 25.0 Å². The van der Waals surface area contributed by atoms with Crippen LogP contribution in [0.5, 0.6) is 0 Å². The third kappa shape index (κ3) is 3.80. The zero-order valence-corrected chi connectivity index (χ0v) is 14.2. The van der Waals surface area contributed by atoms with E-state index in [2.05, 4.69) is 10.3 Å². The van der Waals surface area contributed by atoms with Crippen molar-refractivity contribution in [3.63, 3.8) is 0 Å². The third-order valence-electron chi connectivity index (χ3n) is 4.05. The highest BCUT2D eigenvalue weighted by Crippen LogP contribution is 2.34. The van der Waals surface area contributed by atoms with Crippen LogP contribution in [0.2, 0.25) is 0 Å². The Bertz CT molecular complexity index is 787. The molecule has 1 fully saturated rings. The minimum Gasteiger partial charge on any atom is -0.337 e. The number of benzene rings is 1. The number of likely N-dealkylation sites (tertiary alicyclic amines) is 1. The zero-order valence-electron chi connectivity index (χ0n) is 13.4. The van der Waals surface area contributed by atoms with E-state index < -0.39 is 35.0 Å². The topological polar surface area (TPSA) is 77.0 Å². The Balaban J connectivity index is 0.00000243. The van der Waals surface area contributed by atoms with Crippen LogP contribution < -0.4 is 5.73 Å². The molecule has 142 valence electrons. The first-order chi connectivity index (χ1) is 11.8. The molecule has 0 spiro atoms. The second-order valence-electron chi connectivity index (χ2n) is 5.78. The van der Waals surface area contributed by atoms with E-state index in [1.165, 1.54) is 17.0 Å². The van der Waals surface area contributed by atoms with Crippen LogP contribution in [0.4, 0.5) is 17.6 Å². The lowest BCUT2D eigenvalue weighted by Crippen LogP contribution is -2.43. The van der Waals surface area contributed by atoms with E-state index in [1.54, 1.807) is 0 Å². The van der Waals surface area contributed by atoms with Crippen molar-refractivity contribution in [2.45, 2.75) is 25.1 Å². The zero-order chi connectivity index (χ0) is 18.2. The molecule has 3 rings (SSSR count). The summed E-state index contributed by atoms with van der Waals surface area (Å²) >= 11 is 0. The molecule has 1 aromatic carbocycles. The summed E-state index contributed by atoms with van der Waals surface area (Å²) in [5, 5.41) is 6.78. The number of para-hydroxylation sites is 1. The Morgan fingerprint density at radius 3 is 2.38 bits per heavy atom. The van der Waals surface area contributed by atoms with E-state index >= 15 is 0 Å². The summed E-state index contributed by atoms with van der Waals surface area (Å²) in [4.78, 5) is 13.7. The van der Waals surface area contributed by atoms with E-state index in [0.29, 0.717) is 17.5 Å². The van der Waals surface area contributed by atoms with Gasteiger partial charge in [-0.25, -0.2) is 9.07 Å². The largest absolute Gasteiger partial charge is 0.435 e. The molecule has 0 aliphatic carbocycles. The first-order valence-electron chi connectivity index (χ1n) is 7.61. The third-order valence-corrected chi connectivity index (χ3v) is 4.05. The number of hydrogen-bond donors (Lipinski definition) is 1. The number of carbonyl (C=O) groups is 1. The molecule has 2 heterocycles. The van der Waals surface area contributed by atoms with Gasteiger partial charge >= 0.3 is 6.18 Å². The van der Waals surface area contributed by atoms with Gasteiger partial charge in [0.05, 0.1) is 0 Å². The summed E-state index contributed by atoms with van der Waals surface area (Å²) in [5.41, 5.74) is 3.08. The summed E-state index contributed by atoms with van der Waals surface area (Å²) in [6.45, 7) is 0.480. The number of halogens is 5. The Morgan fingerprint density at radius 2 is 1.81 bits per heavy atom. The van der Waals surface area contributed by atoms with Gasteiger partial charge in [0.15, 0.2) is 11.4 Å². The highest BCUT2D eigenvalue weighted by atomic mass is 35.5. The average molecular weight is 394 g/mol. The molecule has 1 aliphatic heterocycles. The van der Waals surface area contributed by atoms with E-state index in [-0.39, 0.29) is 31.5 Å². The normalized spacial score (nSPS) is 15.7. The molecule has 0 bridgehead atoms. The second kappa shape index (κ2) is 7.58. The van der Waals surface area contributed by atoms with E-state index in [1.807, 2.05) is 0 Å². The van der Waals surface area contributed by atoms with Gasteiger partial charge in [-0.1, -0.05) is 17.3 Å². The molecule has 26 heavy (non-hydrogen) atoms. The van der Waals surface area contributed by atoms with Crippen LogP contribution in [-0.4, -0.2) is 44.9 Å². The lowest BCUT2D eigenvalue weighted by Gasteiger charge is -2.29. The number of rotatable bonds is 2. The summed E-state index contributed by atoms with van der Waals surface area (Å²) in [6, 6.07) is 4.76. The highest BCUT2D eigenvalue weighted by Gasteiger charge is 2.43. The Morgan fingerprint density at radius 1 is 1.19 bits per heavy atom. The minimum atomic E-state index is -4.93. The predicted molar refractivity (Wildman–Crippen MR) is 86.7 cm³/mol. The van der Waals surface area contributed by atoms with Crippen molar-refractivity contribution in [3.8, 4) is 5.69 Å². The highest BCUT2D eigenvalue weighted by molar-refractivity contribution is 5.93. The predicted octanol–water partition coefficient (Wildman–Crippen LogP) is 2.41. The Hall–Kier alpha value is -2.20. The SMILES string of the molecule is Cl.NC1CCN(C(=O)c2nnn(-c3ccccc3F)c2C(F)(F)F)CC1. The molecular weight excluding hydrogens is 378 g/mol. The van der Waals surface area contributed by atoms with Crippen LogP contribution >= 0.6 is 12.4 Å². The van der Waals surface area contributed by atoms with Crippen molar-refractivity contribution in [1.29, 1.82) is 0 Å². The number of aromatic nitrogens is 3. The van der Waals surface area contributed by atoms with Crippen LogP contribution in [0.25, 0.3) is 5.69 Å². The minimum absolute atomic E-state index is 0. The fourth-order valence-electron chi connectivity index (χ4n) is 2.72. The standard InChI is InChI=1S/C15H15F4N5O.ClH/c16-10-3-1-2-4-11(10)24-13(15(17,18)19)12(21-22-24)14(25)23-7-5-9(20)6-8-23;/h1-4,9H,5-8,20H2;1H. The molecule has 6 nitrogen and oxygen atoms in total. The maximum atomic E-state index is 13.9. The molecule has 1 aromatic heterocycles. The van der Waals surface area contributed by atoms with Crippen molar-refractivity contribution in [1.82, 2.24) is 19.9 Å². The first kappa shape index (κ1) is 20.1. The van der Waals surface area contributed by atoms with Crippen LogP contribution in [0, 0.1) is 5.82 Å². The van der Waals surface area contributed by atoms with Gasteiger partial charge in [0.1, 0.15) is 11.5 Å². The molecular formula is C15H16ClF4N5O. The number of nitrogens with zero attached hydrogens (tertiary/aromatic N) is 4. The summed E-state index contributed by atoms with van der Waals surface area (Å²) < 4.78 is 54.8. The smallest absolute Gasteiger partial charge is 0.337 e. The Labute approximate surface area is 152 Å². The number of amides is 1. The molecule has 1 saturated heterocycles. The van der Waals surface area contributed by atoms with E-state index in [4.69, 9.17) is 5.73 Å². The van der Waals surface area contributed by atoms with Crippen molar-refractivity contribution in [2.24, 2.45) is 5.73 Å². The summed E-state index contributed by atoms with van der Waals surface area (Å²) in [6.07, 6.45) is -3.94. The molecule has 2 aromatic rings. The van der Waals surface area contributed by atoms with Gasteiger partial charge in [0, 0.05) is 19.1 Å². The van der Waals surface area contributed by atoms with Crippen molar-refractivity contribution < 1.29 is 22.4 Å². The van der Waals surface area contributed by atoms with Crippen molar-refractivity contribution in [3.05, 3.63) is 41.5 Å². The molecule has 0 unspecified atom stereocenters. The first-order valence-corrected chi connectivity index (χ1v) is 7.61.